The van der Waals surface area contributed by atoms with Crippen molar-refractivity contribution in [3.63, 3.8) is 0 Å². The molecule has 0 spiro atoms. The fraction of sp³-hybridized carbons (Fsp3) is 0.520. The van der Waals surface area contributed by atoms with Gasteiger partial charge in [0.25, 0.3) is 0 Å². The second-order valence-corrected chi connectivity index (χ2v) is 10.6. The number of halogens is 2. The maximum Gasteiger partial charge on any atom is 0.159 e. The summed E-state index contributed by atoms with van der Waals surface area (Å²) in [6.07, 6.45) is -0.694. The molecule has 1 aromatic heterocycles. The average molecular weight is 521 g/mol. The van der Waals surface area contributed by atoms with Crippen LogP contribution in [0.3, 0.4) is 0 Å². The fourth-order valence-corrected chi connectivity index (χ4v) is 5.75. The van der Waals surface area contributed by atoms with Crippen molar-refractivity contribution in [2.45, 2.75) is 67.4 Å². The second kappa shape index (κ2) is 10.6. The summed E-state index contributed by atoms with van der Waals surface area (Å²) in [6, 6.07) is 7.55. The summed E-state index contributed by atoms with van der Waals surface area (Å²) in [5.74, 6) is -0.713. The highest BCUT2D eigenvalue weighted by Crippen LogP contribution is 2.45. The third kappa shape index (κ3) is 4.95. The lowest BCUT2D eigenvalue weighted by Crippen LogP contribution is -2.33. The Balaban J connectivity index is 1.43. The van der Waals surface area contributed by atoms with Gasteiger partial charge in [-0.15, -0.1) is 16.9 Å². The molecule has 2 aromatic carbocycles. The first-order valence-corrected chi connectivity index (χ1v) is 13.2. The number of anilines is 1. The predicted octanol–water partition coefficient (Wildman–Crippen LogP) is 3.22. The molecule has 0 bridgehead atoms. The summed E-state index contributed by atoms with van der Waals surface area (Å²) in [5, 5.41) is 42.5. The highest BCUT2D eigenvalue weighted by atomic mass is 32.2. The van der Waals surface area contributed by atoms with Gasteiger partial charge < -0.3 is 25.4 Å². The Morgan fingerprint density at radius 1 is 1.14 bits per heavy atom. The van der Waals surface area contributed by atoms with Gasteiger partial charge in [0, 0.05) is 23.3 Å². The molecule has 2 fully saturated rings. The van der Waals surface area contributed by atoms with Gasteiger partial charge in [-0.3, -0.25) is 0 Å². The molecule has 0 saturated heterocycles. The first kappa shape index (κ1) is 25.3. The van der Waals surface area contributed by atoms with Gasteiger partial charge in [0.15, 0.2) is 11.6 Å². The molecule has 36 heavy (non-hydrogen) atoms. The van der Waals surface area contributed by atoms with Gasteiger partial charge in [-0.1, -0.05) is 18.2 Å². The molecular formula is C25H30F2N4O4S. The summed E-state index contributed by atoms with van der Waals surface area (Å²) < 4.78 is 34.2. The number of aliphatic hydroxyl groups excluding tert-OH is 3. The van der Waals surface area contributed by atoms with E-state index in [4.69, 9.17) is 9.84 Å². The number of rotatable bonds is 10. The first-order valence-electron chi connectivity index (χ1n) is 12.2. The Labute approximate surface area is 211 Å². The molecule has 5 rings (SSSR count). The van der Waals surface area contributed by atoms with E-state index in [0.717, 1.165) is 46.3 Å². The van der Waals surface area contributed by atoms with Crippen LogP contribution in [0.4, 0.5) is 14.5 Å². The van der Waals surface area contributed by atoms with Gasteiger partial charge in [0.1, 0.15) is 17.7 Å². The summed E-state index contributed by atoms with van der Waals surface area (Å²) in [5.41, 5.74) is 2.89. The van der Waals surface area contributed by atoms with Crippen LogP contribution >= 0.6 is 11.8 Å². The first-order chi connectivity index (χ1) is 17.4. The van der Waals surface area contributed by atoms with Gasteiger partial charge in [-0.05, 0) is 48.4 Å². The molecule has 8 nitrogen and oxygen atoms in total. The number of nitrogens with one attached hydrogen (secondary N) is 1. The molecule has 0 unspecified atom stereocenters. The predicted molar refractivity (Wildman–Crippen MR) is 132 cm³/mol. The van der Waals surface area contributed by atoms with E-state index in [1.165, 1.54) is 6.07 Å². The molecule has 0 amide bonds. The van der Waals surface area contributed by atoms with Crippen molar-refractivity contribution in [1.82, 2.24) is 15.0 Å². The van der Waals surface area contributed by atoms with Crippen molar-refractivity contribution >= 4 is 28.5 Å². The van der Waals surface area contributed by atoms with Crippen LogP contribution in [-0.2, 0) is 4.74 Å². The highest BCUT2D eigenvalue weighted by Gasteiger charge is 2.44. The van der Waals surface area contributed by atoms with E-state index in [1.54, 1.807) is 22.5 Å². The van der Waals surface area contributed by atoms with E-state index in [1.807, 2.05) is 12.1 Å². The van der Waals surface area contributed by atoms with Gasteiger partial charge in [0.2, 0.25) is 0 Å². The van der Waals surface area contributed by atoms with Crippen LogP contribution in [0.15, 0.2) is 35.2 Å². The normalized spacial score (nSPS) is 27.6. The fourth-order valence-electron chi connectivity index (χ4n) is 4.92. The van der Waals surface area contributed by atoms with Crippen LogP contribution in [0.2, 0.25) is 0 Å². The molecule has 0 radical (unpaired) electrons. The molecule has 0 aliphatic heterocycles. The molecule has 6 atom stereocenters. The van der Waals surface area contributed by atoms with Gasteiger partial charge in [-0.25, -0.2) is 13.5 Å². The van der Waals surface area contributed by atoms with Crippen LogP contribution in [0.25, 0.3) is 11.0 Å². The van der Waals surface area contributed by atoms with E-state index >= 15 is 0 Å². The van der Waals surface area contributed by atoms with Crippen molar-refractivity contribution in [3.05, 3.63) is 47.5 Å². The number of hydrogen-bond donors (Lipinski definition) is 4. The van der Waals surface area contributed by atoms with E-state index in [0.29, 0.717) is 11.9 Å². The van der Waals surface area contributed by atoms with Crippen molar-refractivity contribution in [3.8, 4) is 0 Å². The molecule has 11 heteroatoms. The molecule has 194 valence electrons. The van der Waals surface area contributed by atoms with Crippen LogP contribution in [0.5, 0.6) is 0 Å². The third-order valence-electron chi connectivity index (χ3n) is 6.86. The zero-order valence-electron chi connectivity index (χ0n) is 19.8. The molecular weight excluding hydrogens is 490 g/mol. The summed E-state index contributed by atoms with van der Waals surface area (Å²) >= 11 is 1.70. The number of ether oxygens (including phenoxy) is 1. The molecule has 2 aliphatic rings. The average Bonchev–Trinajstić information content (AvgIpc) is 3.41. The molecule has 2 saturated carbocycles. The van der Waals surface area contributed by atoms with E-state index in [9.17, 15) is 19.0 Å². The second-order valence-electron chi connectivity index (χ2n) is 9.40. The third-order valence-corrected chi connectivity index (χ3v) is 8.04. The monoisotopic (exact) mass is 520 g/mol. The van der Waals surface area contributed by atoms with Crippen molar-refractivity contribution in [2.24, 2.45) is 0 Å². The number of fused-ring (bicyclic) bond motifs is 1. The van der Waals surface area contributed by atoms with Gasteiger partial charge in [0.05, 0.1) is 36.6 Å². The Morgan fingerprint density at radius 3 is 2.72 bits per heavy atom. The smallest absolute Gasteiger partial charge is 0.159 e. The largest absolute Gasteiger partial charge is 0.394 e. The van der Waals surface area contributed by atoms with E-state index in [-0.39, 0.29) is 25.2 Å². The zero-order chi connectivity index (χ0) is 25.4. The van der Waals surface area contributed by atoms with Crippen molar-refractivity contribution in [1.29, 1.82) is 0 Å². The molecule has 4 N–H and O–H groups in total. The lowest BCUT2D eigenvalue weighted by atomic mass is 10.1. The summed E-state index contributed by atoms with van der Waals surface area (Å²) in [6.45, 7) is 2.01. The maximum absolute atomic E-state index is 13.7. The lowest BCUT2D eigenvalue weighted by molar-refractivity contribution is -0.0629. The minimum Gasteiger partial charge on any atom is -0.394 e. The number of hydrogen-bond acceptors (Lipinski definition) is 8. The molecule has 2 aliphatic carbocycles. The summed E-state index contributed by atoms with van der Waals surface area (Å²) in [7, 11) is 0. The Morgan fingerprint density at radius 2 is 1.97 bits per heavy atom. The van der Waals surface area contributed by atoms with Gasteiger partial charge >= 0.3 is 0 Å². The van der Waals surface area contributed by atoms with Crippen LogP contribution < -0.4 is 5.32 Å². The van der Waals surface area contributed by atoms with Crippen LogP contribution in [-0.4, -0.2) is 73.6 Å². The standard InChI is InChI=1S/C25H30F2N4O4S/c1-2-7-36-14-9-19(28-18-11-15(18)13-3-4-16(26)17(27)8-13)23-20(10-14)31(30-29-23)21-12-22(35-6-5-32)25(34)24(21)33/h3-4,8-10,15,18,21-22,24-25,28,32-34H,2,5-7,11-12H2,1H3/t15-,18+,21+,22-,24-,25+/m0/s1. The van der Waals surface area contributed by atoms with Crippen molar-refractivity contribution in [2.75, 3.05) is 24.3 Å². The highest BCUT2D eigenvalue weighted by molar-refractivity contribution is 7.99. The number of aliphatic hydroxyl groups is 3. The van der Waals surface area contributed by atoms with E-state index < -0.39 is 36.0 Å². The molecule has 3 aromatic rings. The number of benzene rings is 2. The minimum absolute atomic E-state index is 0.0461. The lowest BCUT2D eigenvalue weighted by Gasteiger charge is -2.17. The summed E-state index contributed by atoms with van der Waals surface area (Å²) in [4.78, 5) is 1.02. The van der Waals surface area contributed by atoms with Gasteiger partial charge in [-0.2, -0.15) is 0 Å². The maximum atomic E-state index is 13.7. The quantitative estimate of drug-likeness (QED) is 0.302. The minimum atomic E-state index is -1.10. The van der Waals surface area contributed by atoms with Crippen LogP contribution in [0.1, 0.15) is 43.7 Å². The van der Waals surface area contributed by atoms with Crippen molar-refractivity contribution < 1.29 is 28.8 Å². The SMILES string of the molecule is CCCSc1cc(N[C@@H]2C[C@H]2c2ccc(F)c(F)c2)c2nnn([C@@H]3C[C@H](OCCO)[C@@H](O)[C@H]3O)c2c1. The zero-order valence-corrected chi connectivity index (χ0v) is 20.7. The topological polar surface area (TPSA) is 113 Å². The Hall–Kier alpha value is -2.31. The Bertz CT molecular complexity index is 1230. The molecule has 1 heterocycles. The number of nitrogens with zero attached hydrogens (tertiary/aromatic N) is 3. The Kier molecular flexibility index (Phi) is 7.45. The van der Waals surface area contributed by atoms with Crippen LogP contribution in [0, 0.1) is 11.6 Å². The number of thioether (sulfide) groups is 1. The number of aromatic nitrogens is 3. The van der Waals surface area contributed by atoms with E-state index in [2.05, 4.69) is 22.6 Å².